The molecule has 10 heteroatoms. The fraction of sp³-hybridized carbons (Fsp3) is 0.615. The number of anilines is 2. The maximum absolute atomic E-state index is 13.0. The summed E-state index contributed by atoms with van der Waals surface area (Å²) in [5.74, 6) is -0.806. The maximum Gasteiger partial charge on any atom is 0.356 e. The monoisotopic (exact) mass is 499 g/mol. The molecule has 196 valence electrons. The Kier molecular flexibility index (Phi) is 8.13. The Morgan fingerprint density at radius 3 is 2.61 bits per heavy atom. The van der Waals surface area contributed by atoms with E-state index in [0.29, 0.717) is 49.4 Å². The summed E-state index contributed by atoms with van der Waals surface area (Å²) in [7, 11) is 1.34. The Hall–Kier alpha value is -3.14. The molecule has 2 aliphatic rings. The van der Waals surface area contributed by atoms with Crippen molar-refractivity contribution in [2.24, 2.45) is 5.92 Å². The number of nitrogens with zero attached hydrogens (tertiary/aromatic N) is 3. The third kappa shape index (κ3) is 5.48. The zero-order valence-electron chi connectivity index (χ0n) is 21.6. The lowest BCUT2D eigenvalue weighted by Gasteiger charge is -2.32. The number of hydrogen-bond donors (Lipinski definition) is 2. The van der Waals surface area contributed by atoms with Gasteiger partial charge in [0.05, 0.1) is 37.3 Å². The van der Waals surface area contributed by atoms with Crippen LogP contribution in [0, 0.1) is 5.92 Å². The number of amides is 2. The van der Waals surface area contributed by atoms with Crippen LogP contribution in [0.15, 0.2) is 12.3 Å². The van der Waals surface area contributed by atoms with Gasteiger partial charge in [0, 0.05) is 44.0 Å². The first-order valence-electron chi connectivity index (χ1n) is 12.9. The van der Waals surface area contributed by atoms with E-state index in [1.165, 1.54) is 7.11 Å². The molecule has 2 N–H and O–H groups in total. The van der Waals surface area contributed by atoms with Crippen LogP contribution in [-0.2, 0) is 25.6 Å². The first kappa shape index (κ1) is 25.9. The van der Waals surface area contributed by atoms with Gasteiger partial charge in [-0.05, 0) is 38.2 Å². The van der Waals surface area contributed by atoms with Gasteiger partial charge in [-0.15, -0.1) is 0 Å². The fourth-order valence-electron chi connectivity index (χ4n) is 4.92. The average molecular weight is 500 g/mol. The lowest BCUT2D eigenvalue weighted by molar-refractivity contribution is -0.129. The predicted molar refractivity (Wildman–Crippen MR) is 137 cm³/mol. The molecular formula is C26H37N5O5. The van der Waals surface area contributed by atoms with Gasteiger partial charge in [-0.2, -0.15) is 0 Å². The maximum atomic E-state index is 13.0. The van der Waals surface area contributed by atoms with Crippen molar-refractivity contribution in [3.8, 4) is 0 Å². The van der Waals surface area contributed by atoms with E-state index in [1.54, 1.807) is 13.1 Å². The second kappa shape index (κ2) is 11.3. The van der Waals surface area contributed by atoms with Crippen molar-refractivity contribution >= 4 is 40.2 Å². The molecule has 2 aromatic rings. The second-order valence-corrected chi connectivity index (χ2v) is 9.78. The smallest absolute Gasteiger partial charge is 0.356 e. The molecule has 4 rings (SSSR count). The number of fused-ring (bicyclic) bond motifs is 1. The minimum atomic E-state index is -0.531. The van der Waals surface area contributed by atoms with Crippen LogP contribution in [0.5, 0.6) is 0 Å². The zero-order valence-corrected chi connectivity index (χ0v) is 21.6. The van der Waals surface area contributed by atoms with Gasteiger partial charge < -0.3 is 29.6 Å². The van der Waals surface area contributed by atoms with E-state index in [9.17, 15) is 14.4 Å². The number of nitrogens with one attached hydrogen (secondary N) is 2. The third-order valence-corrected chi connectivity index (χ3v) is 7.31. The van der Waals surface area contributed by atoms with Gasteiger partial charge in [-0.3, -0.25) is 9.59 Å². The van der Waals surface area contributed by atoms with Gasteiger partial charge >= 0.3 is 5.97 Å². The van der Waals surface area contributed by atoms with Crippen molar-refractivity contribution in [2.75, 3.05) is 37.4 Å². The number of methoxy groups -OCH3 is 1. The molecule has 4 heterocycles. The van der Waals surface area contributed by atoms with E-state index in [2.05, 4.69) is 10.6 Å². The number of esters is 1. The Balaban J connectivity index is 1.71. The summed E-state index contributed by atoms with van der Waals surface area (Å²) in [5, 5.41) is 7.21. The molecule has 0 spiro atoms. The van der Waals surface area contributed by atoms with Crippen LogP contribution in [-0.4, -0.2) is 71.2 Å². The number of carbonyl (C=O) groups is 3. The molecule has 2 atom stereocenters. The number of piperidine rings is 1. The molecule has 0 unspecified atom stereocenters. The van der Waals surface area contributed by atoms with E-state index in [-0.39, 0.29) is 35.6 Å². The van der Waals surface area contributed by atoms with Crippen LogP contribution in [0.1, 0.15) is 63.4 Å². The van der Waals surface area contributed by atoms with Crippen LogP contribution in [0.2, 0.25) is 0 Å². The SMILES string of the molecule is CC[C@H](C)C(=O)Nc1c(C(=O)OC)n(C[C@H]2CCCO2)c2ncc(NC3CCN(C(C)=O)CC3)cc12. The minimum absolute atomic E-state index is 0.0341. The first-order valence-corrected chi connectivity index (χ1v) is 12.9. The van der Waals surface area contributed by atoms with Crippen molar-refractivity contribution in [2.45, 2.75) is 71.6 Å². The predicted octanol–water partition coefficient (Wildman–Crippen LogP) is 3.41. The highest BCUT2D eigenvalue weighted by atomic mass is 16.5. The van der Waals surface area contributed by atoms with Crippen LogP contribution in [0.25, 0.3) is 11.0 Å². The molecule has 36 heavy (non-hydrogen) atoms. The van der Waals surface area contributed by atoms with Crippen molar-refractivity contribution in [1.29, 1.82) is 0 Å². The third-order valence-electron chi connectivity index (χ3n) is 7.31. The zero-order chi connectivity index (χ0) is 25.8. The number of carbonyl (C=O) groups excluding carboxylic acids is 3. The van der Waals surface area contributed by atoms with Gasteiger partial charge in [-0.1, -0.05) is 13.8 Å². The molecule has 2 fully saturated rings. The van der Waals surface area contributed by atoms with Crippen LogP contribution in [0.3, 0.4) is 0 Å². The number of ether oxygens (including phenoxy) is 2. The minimum Gasteiger partial charge on any atom is -0.464 e. The van der Waals surface area contributed by atoms with Crippen LogP contribution < -0.4 is 10.6 Å². The van der Waals surface area contributed by atoms with E-state index in [4.69, 9.17) is 14.5 Å². The van der Waals surface area contributed by atoms with Gasteiger partial charge in [0.15, 0.2) is 5.69 Å². The summed E-state index contributed by atoms with van der Waals surface area (Å²) in [5.41, 5.74) is 2.09. The second-order valence-electron chi connectivity index (χ2n) is 9.78. The molecule has 0 bridgehead atoms. The van der Waals surface area contributed by atoms with Gasteiger partial charge in [0.2, 0.25) is 11.8 Å². The molecule has 0 saturated carbocycles. The summed E-state index contributed by atoms with van der Waals surface area (Å²) in [6.45, 7) is 7.97. The Morgan fingerprint density at radius 2 is 2.00 bits per heavy atom. The number of likely N-dealkylation sites (tertiary alicyclic amines) is 1. The molecule has 0 radical (unpaired) electrons. The highest BCUT2D eigenvalue weighted by Crippen LogP contribution is 2.34. The van der Waals surface area contributed by atoms with E-state index in [0.717, 1.165) is 31.4 Å². The topological polar surface area (TPSA) is 115 Å². The molecule has 0 aliphatic carbocycles. The summed E-state index contributed by atoms with van der Waals surface area (Å²) in [6.07, 6.45) is 5.94. The number of aromatic nitrogens is 2. The van der Waals surface area contributed by atoms with Crippen molar-refractivity contribution in [3.63, 3.8) is 0 Å². The Morgan fingerprint density at radius 1 is 1.25 bits per heavy atom. The Labute approximate surface area is 211 Å². The summed E-state index contributed by atoms with van der Waals surface area (Å²) in [4.78, 5) is 44.2. The molecular weight excluding hydrogens is 462 g/mol. The number of hydrogen-bond acceptors (Lipinski definition) is 7. The first-order chi connectivity index (χ1) is 17.3. The summed E-state index contributed by atoms with van der Waals surface area (Å²) < 4.78 is 12.8. The van der Waals surface area contributed by atoms with Gasteiger partial charge in [-0.25, -0.2) is 9.78 Å². The summed E-state index contributed by atoms with van der Waals surface area (Å²) >= 11 is 0. The standard InChI is InChI=1S/C26H37N5O5/c1-5-16(2)25(33)29-22-21-13-19(28-18-8-10-30(11-9-18)17(3)32)14-27-24(21)31(23(22)26(34)35-4)15-20-7-6-12-36-20/h13-14,16,18,20,28H,5-12,15H2,1-4H3,(H,29,33)/t16-,20+/m0/s1. The lowest BCUT2D eigenvalue weighted by Crippen LogP contribution is -2.41. The average Bonchev–Trinajstić information content (AvgIpc) is 3.50. The number of pyridine rings is 1. The lowest BCUT2D eigenvalue weighted by atomic mass is 10.0. The van der Waals surface area contributed by atoms with E-state index >= 15 is 0 Å². The number of rotatable bonds is 8. The van der Waals surface area contributed by atoms with Gasteiger partial charge in [0.1, 0.15) is 5.65 Å². The van der Waals surface area contributed by atoms with E-state index in [1.807, 2.05) is 29.4 Å². The molecule has 2 amide bonds. The van der Waals surface area contributed by atoms with Crippen LogP contribution >= 0.6 is 0 Å². The van der Waals surface area contributed by atoms with Crippen molar-refractivity contribution in [1.82, 2.24) is 14.5 Å². The highest BCUT2D eigenvalue weighted by molar-refractivity contribution is 6.11. The highest BCUT2D eigenvalue weighted by Gasteiger charge is 2.30. The van der Waals surface area contributed by atoms with Crippen molar-refractivity contribution < 1.29 is 23.9 Å². The molecule has 2 aliphatic heterocycles. The fourth-order valence-corrected chi connectivity index (χ4v) is 4.92. The normalized spacial score (nSPS) is 19.3. The molecule has 0 aromatic carbocycles. The molecule has 2 saturated heterocycles. The van der Waals surface area contributed by atoms with Crippen molar-refractivity contribution in [3.05, 3.63) is 18.0 Å². The summed E-state index contributed by atoms with van der Waals surface area (Å²) in [6, 6.07) is 2.14. The quantitative estimate of drug-likeness (QED) is 0.535. The largest absolute Gasteiger partial charge is 0.464 e. The van der Waals surface area contributed by atoms with Gasteiger partial charge in [0.25, 0.3) is 0 Å². The molecule has 10 nitrogen and oxygen atoms in total. The van der Waals surface area contributed by atoms with E-state index < -0.39 is 5.97 Å². The Bertz CT molecular complexity index is 1120. The molecule has 2 aromatic heterocycles. The van der Waals surface area contributed by atoms with Crippen LogP contribution in [0.4, 0.5) is 11.4 Å².